The zero-order valence-corrected chi connectivity index (χ0v) is 13.6. The van der Waals surface area contributed by atoms with E-state index >= 15 is 0 Å². The van der Waals surface area contributed by atoms with E-state index in [-0.39, 0.29) is 12.4 Å². The van der Waals surface area contributed by atoms with Crippen molar-refractivity contribution in [3.63, 3.8) is 0 Å². The topological polar surface area (TPSA) is 36.6 Å². The molecule has 0 spiro atoms. The van der Waals surface area contributed by atoms with Crippen molar-refractivity contribution in [2.24, 2.45) is 0 Å². The van der Waals surface area contributed by atoms with E-state index in [1.54, 1.807) is 6.07 Å². The molecular weight excluding hydrogens is 298 g/mol. The molecule has 4 heteroatoms. The Bertz CT molecular complexity index is 750. The lowest BCUT2D eigenvalue weighted by Gasteiger charge is -2.11. The molecule has 22 heavy (non-hydrogen) atoms. The molecule has 0 fully saturated rings. The van der Waals surface area contributed by atoms with Crippen molar-refractivity contribution in [2.75, 3.05) is 14.1 Å². The number of rotatable bonds is 4. The highest BCUT2D eigenvalue weighted by Crippen LogP contribution is 2.31. The first-order valence-electron chi connectivity index (χ1n) is 7.05. The summed E-state index contributed by atoms with van der Waals surface area (Å²) in [5, 5.41) is 11.1. The minimum atomic E-state index is 0. The lowest BCUT2D eigenvalue weighted by Crippen LogP contribution is -2.10. The van der Waals surface area contributed by atoms with Crippen LogP contribution in [-0.2, 0) is 13.0 Å². The molecule has 3 rings (SSSR count). The van der Waals surface area contributed by atoms with Gasteiger partial charge in [-0.1, -0.05) is 30.3 Å². The summed E-state index contributed by atoms with van der Waals surface area (Å²) in [6.45, 7) is 0.688. The summed E-state index contributed by atoms with van der Waals surface area (Å²) in [5.74, 6) is 1.24. The molecule has 0 saturated carbocycles. The van der Waals surface area contributed by atoms with Gasteiger partial charge in [-0.3, -0.25) is 0 Å². The lowest BCUT2D eigenvalue weighted by atomic mass is 10.1. The fraction of sp³-hybridized carbons (Fsp3) is 0.222. The van der Waals surface area contributed by atoms with Gasteiger partial charge in [-0.05, 0) is 37.9 Å². The summed E-state index contributed by atoms with van der Waals surface area (Å²) < 4.78 is 5.92. The summed E-state index contributed by atoms with van der Waals surface area (Å²) >= 11 is 0. The molecule has 0 unspecified atom stereocenters. The maximum absolute atomic E-state index is 10.1. The minimum Gasteiger partial charge on any atom is -0.508 e. The van der Waals surface area contributed by atoms with Crippen LogP contribution >= 0.6 is 12.4 Å². The van der Waals surface area contributed by atoms with E-state index in [0.717, 1.165) is 28.7 Å². The first-order valence-corrected chi connectivity index (χ1v) is 7.05. The van der Waals surface area contributed by atoms with Crippen LogP contribution in [0.1, 0.15) is 16.9 Å². The number of benzene rings is 2. The van der Waals surface area contributed by atoms with Gasteiger partial charge in [0.2, 0.25) is 0 Å². The maximum Gasteiger partial charge on any atom is 0.134 e. The second-order valence-corrected chi connectivity index (χ2v) is 5.59. The van der Waals surface area contributed by atoms with Gasteiger partial charge in [-0.15, -0.1) is 12.4 Å². The summed E-state index contributed by atoms with van der Waals surface area (Å²) in [6.07, 6.45) is 0.762. The quantitative estimate of drug-likeness (QED) is 0.783. The molecule has 1 aromatic heterocycles. The first-order chi connectivity index (χ1) is 10.1. The van der Waals surface area contributed by atoms with Crippen molar-refractivity contribution in [2.45, 2.75) is 13.0 Å². The Balaban J connectivity index is 0.00000176. The molecule has 0 bridgehead atoms. The second kappa shape index (κ2) is 6.86. The highest BCUT2D eigenvalue weighted by atomic mass is 35.5. The van der Waals surface area contributed by atoms with Crippen molar-refractivity contribution in [3.8, 4) is 5.75 Å². The first kappa shape index (κ1) is 16.4. The Morgan fingerprint density at radius 3 is 2.45 bits per heavy atom. The van der Waals surface area contributed by atoms with Crippen LogP contribution in [0.15, 0.2) is 52.9 Å². The summed E-state index contributed by atoms with van der Waals surface area (Å²) in [6, 6.07) is 15.8. The van der Waals surface area contributed by atoms with E-state index in [2.05, 4.69) is 12.1 Å². The van der Waals surface area contributed by atoms with Crippen molar-refractivity contribution in [3.05, 3.63) is 65.4 Å². The SMILES string of the molecule is CN(C)Cc1c(O)ccc2oc(Cc3ccccc3)cc12.Cl. The second-order valence-electron chi connectivity index (χ2n) is 5.59. The molecule has 2 aromatic carbocycles. The summed E-state index contributed by atoms with van der Waals surface area (Å²) in [5.41, 5.74) is 2.96. The third-order valence-electron chi connectivity index (χ3n) is 3.53. The molecule has 0 aliphatic carbocycles. The third kappa shape index (κ3) is 3.43. The van der Waals surface area contributed by atoms with Gasteiger partial charge in [0.05, 0.1) is 0 Å². The molecular formula is C18H20ClNO2. The van der Waals surface area contributed by atoms with E-state index < -0.39 is 0 Å². The van der Waals surface area contributed by atoms with Gasteiger partial charge < -0.3 is 14.4 Å². The summed E-state index contributed by atoms with van der Waals surface area (Å²) in [4.78, 5) is 2.04. The number of aromatic hydroxyl groups is 1. The van der Waals surface area contributed by atoms with Crippen LogP contribution in [-0.4, -0.2) is 24.1 Å². The van der Waals surface area contributed by atoms with Crippen molar-refractivity contribution in [1.29, 1.82) is 0 Å². The number of phenols is 1. The maximum atomic E-state index is 10.1. The third-order valence-corrected chi connectivity index (χ3v) is 3.53. The van der Waals surface area contributed by atoms with Crippen LogP contribution in [0.2, 0.25) is 0 Å². The molecule has 0 saturated heterocycles. The van der Waals surface area contributed by atoms with E-state index in [1.807, 2.05) is 49.3 Å². The van der Waals surface area contributed by atoms with Gasteiger partial charge in [0.25, 0.3) is 0 Å². The predicted octanol–water partition coefficient (Wildman–Crippen LogP) is 4.21. The number of hydrogen-bond donors (Lipinski definition) is 1. The Morgan fingerprint density at radius 1 is 1.05 bits per heavy atom. The van der Waals surface area contributed by atoms with Gasteiger partial charge in [0.1, 0.15) is 17.1 Å². The highest BCUT2D eigenvalue weighted by molar-refractivity contribution is 5.85. The number of fused-ring (bicyclic) bond motifs is 1. The number of nitrogens with zero attached hydrogens (tertiary/aromatic N) is 1. The van der Waals surface area contributed by atoms with Gasteiger partial charge >= 0.3 is 0 Å². The average Bonchev–Trinajstić information content (AvgIpc) is 2.86. The number of halogens is 1. The van der Waals surface area contributed by atoms with Gasteiger partial charge in [-0.2, -0.15) is 0 Å². The largest absolute Gasteiger partial charge is 0.508 e. The van der Waals surface area contributed by atoms with E-state index in [1.165, 1.54) is 5.56 Å². The van der Waals surface area contributed by atoms with Crippen LogP contribution in [0.5, 0.6) is 5.75 Å². The molecule has 1 N–H and O–H groups in total. The Labute approximate surface area is 136 Å². The van der Waals surface area contributed by atoms with Gasteiger partial charge in [0, 0.05) is 23.9 Å². The smallest absolute Gasteiger partial charge is 0.134 e. The Morgan fingerprint density at radius 2 is 1.77 bits per heavy atom. The molecule has 0 aliphatic heterocycles. The molecule has 0 atom stereocenters. The molecule has 116 valence electrons. The van der Waals surface area contributed by atoms with E-state index in [9.17, 15) is 5.11 Å². The Kier molecular flexibility index (Phi) is 5.11. The fourth-order valence-electron chi connectivity index (χ4n) is 2.58. The van der Waals surface area contributed by atoms with Gasteiger partial charge in [0.15, 0.2) is 0 Å². The lowest BCUT2D eigenvalue weighted by molar-refractivity contribution is 0.388. The highest BCUT2D eigenvalue weighted by Gasteiger charge is 2.13. The fourth-order valence-corrected chi connectivity index (χ4v) is 2.58. The zero-order valence-electron chi connectivity index (χ0n) is 12.7. The van der Waals surface area contributed by atoms with Crippen molar-refractivity contribution >= 4 is 23.4 Å². The standard InChI is InChI=1S/C18H19NO2.ClH/c1-19(2)12-16-15-11-14(10-13-6-4-3-5-7-13)21-18(15)9-8-17(16)20;/h3-9,11,20H,10,12H2,1-2H3;1H. The van der Waals surface area contributed by atoms with Crippen molar-refractivity contribution < 1.29 is 9.52 Å². The number of phenolic OH excluding ortho intramolecular Hbond substituents is 1. The molecule has 1 heterocycles. The van der Waals surface area contributed by atoms with Crippen LogP contribution in [0, 0.1) is 0 Å². The van der Waals surface area contributed by atoms with Crippen LogP contribution in [0.3, 0.4) is 0 Å². The van der Waals surface area contributed by atoms with Crippen LogP contribution in [0.25, 0.3) is 11.0 Å². The van der Waals surface area contributed by atoms with E-state index in [0.29, 0.717) is 12.3 Å². The average molecular weight is 318 g/mol. The summed E-state index contributed by atoms with van der Waals surface area (Å²) in [7, 11) is 3.98. The monoisotopic (exact) mass is 317 g/mol. The normalized spacial score (nSPS) is 10.9. The minimum absolute atomic E-state index is 0. The molecule has 0 aliphatic rings. The predicted molar refractivity (Wildman–Crippen MR) is 91.8 cm³/mol. The Hall–Kier alpha value is -1.97. The molecule has 0 radical (unpaired) electrons. The molecule has 0 amide bonds. The molecule has 3 aromatic rings. The van der Waals surface area contributed by atoms with Gasteiger partial charge in [-0.25, -0.2) is 0 Å². The van der Waals surface area contributed by atoms with Crippen molar-refractivity contribution in [1.82, 2.24) is 4.90 Å². The number of hydrogen-bond acceptors (Lipinski definition) is 3. The van der Waals surface area contributed by atoms with Crippen LogP contribution < -0.4 is 0 Å². The van der Waals surface area contributed by atoms with E-state index in [4.69, 9.17) is 4.42 Å². The number of furan rings is 1. The zero-order chi connectivity index (χ0) is 14.8. The van der Waals surface area contributed by atoms with Crippen LogP contribution in [0.4, 0.5) is 0 Å². The molecule has 3 nitrogen and oxygen atoms in total.